The summed E-state index contributed by atoms with van der Waals surface area (Å²) in [6.07, 6.45) is 4.89. The highest BCUT2D eigenvalue weighted by Crippen LogP contribution is 2.34. The average molecular weight is 304 g/mol. The van der Waals surface area contributed by atoms with Gasteiger partial charge >= 0.3 is 11.9 Å². The first-order valence-electron chi connectivity index (χ1n) is 6.77. The third-order valence-corrected chi connectivity index (χ3v) is 2.83. The van der Waals surface area contributed by atoms with Gasteiger partial charge in [0.1, 0.15) is 11.5 Å². The molecular weight excluding hydrogens is 284 g/mol. The van der Waals surface area contributed by atoms with Crippen LogP contribution in [0.25, 0.3) is 6.08 Å². The maximum atomic E-state index is 11.4. The number of hydrogen-bond donors (Lipinski definition) is 1. The maximum absolute atomic E-state index is 11.4. The third-order valence-electron chi connectivity index (χ3n) is 2.83. The molecule has 1 aromatic rings. The highest BCUT2D eigenvalue weighted by Gasteiger charge is 2.15. The van der Waals surface area contributed by atoms with E-state index >= 15 is 0 Å². The summed E-state index contributed by atoms with van der Waals surface area (Å²) in [6.45, 7) is 5.23. The Kier molecular flexibility index (Phi) is 6.38. The van der Waals surface area contributed by atoms with Crippen molar-refractivity contribution in [2.75, 3.05) is 7.11 Å². The predicted molar refractivity (Wildman–Crippen MR) is 84.1 cm³/mol. The number of carboxylic acid groups (broad SMARTS) is 1. The van der Waals surface area contributed by atoms with Gasteiger partial charge in [0.05, 0.1) is 7.11 Å². The fraction of sp³-hybridized carbons (Fsp3) is 0.294. The van der Waals surface area contributed by atoms with Crippen molar-refractivity contribution in [1.29, 1.82) is 0 Å². The number of benzene rings is 1. The molecule has 0 amide bonds. The third kappa shape index (κ3) is 5.09. The first-order valence-corrected chi connectivity index (χ1v) is 6.77. The molecule has 5 heteroatoms. The Hall–Kier alpha value is -2.56. The van der Waals surface area contributed by atoms with Gasteiger partial charge in [-0.25, -0.2) is 4.79 Å². The quantitative estimate of drug-likeness (QED) is 0.378. The zero-order valence-corrected chi connectivity index (χ0v) is 13.2. The van der Waals surface area contributed by atoms with Crippen molar-refractivity contribution in [3.63, 3.8) is 0 Å². The standard InChI is InChI=1S/C17H20O5/c1-11(2)5-8-14-15(21-4)9-6-13(7-10-16(19)20)17(14)22-12(3)18/h5-7,9-10H,8H2,1-4H3,(H,19,20)/b10-7+. The highest BCUT2D eigenvalue weighted by atomic mass is 16.5. The minimum absolute atomic E-state index is 0.321. The number of allylic oxidation sites excluding steroid dienone is 2. The van der Waals surface area contributed by atoms with Gasteiger partial charge in [0.15, 0.2) is 0 Å². The van der Waals surface area contributed by atoms with E-state index in [0.717, 1.165) is 11.6 Å². The monoisotopic (exact) mass is 304 g/mol. The molecule has 22 heavy (non-hydrogen) atoms. The molecule has 0 aliphatic carbocycles. The fourth-order valence-electron chi connectivity index (χ4n) is 1.88. The molecule has 0 unspecified atom stereocenters. The number of ether oxygens (including phenoxy) is 2. The van der Waals surface area contributed by atoms with Crippen molar-refractivity contribution in [3.8, 4) is 11.5 Å². The second kappa shape index (κ2) is 8.02. The molecule has 0 bridgehead atoms. The van der Waals surface area contributed by atoms with E-state index in [4.69, 9.17) is 14.6 Å². The van der Waals surface area contributed by atoms with E-state index in [1.165, 1.54) is 20.1 Å². The Balaban J connectivity index is 3.45. The molecular formula is C17H20O5. The van der Waals surface area contributed by atoms with E-state index in [1.54, 1.807) is 12.1 Å². The van der Waals surface area contributed by atoms with Crippen molar-refractivity contribution in [2.45, 2.75) is 27.2 Å². The van der Waals surface area contributed by atoms with Gasteiger partial charge in [0, 0.05) is 24.1 Å². The van der Waals surface area contributed by atoms with Gasteiger partial charge < -0.3 is 14.6 Å². The van der Waals surface area contributed by atoms with Gasteiger partial charge in [-0.15, -0.1) is 0 Å². The van der Waals surface area contributed by atoms with Crippen molar-refractivity contribution < 1.29 is 24.2 Å². The lowest BCUT2D eigenvalue weighted by atomic mass is 10.0. The normalized spacial score (nSPS) is 10.4. The summed E-state index contributed by atoms with van der Waals surface area (Å²) in [5.41, 5.74) is 2.32. The van der Waals surface area contributed by atoms with Crippen molar-refractivity contribution in [2.24, 2.45) is 0 Å². The van der Waals surface area contributed by atoms with E-state index in [-0.39, 0.29) is 0 Å². The topological polar surface area (TPSA) is 72.8 Å². The molecule has 1 rings (SSSR count). The minimum atomic E-state index is -1.07. The molecule has 1 aromatic carbocycles. The predicted octanol–water partition coefficient (Wildman–Crippen LogP) is 3.23. The van der Waals surface area contributed by atoms with Crippen LogP contribution < -0.4 is 9.47 Å². The van der Waals surface area contributed by atoms with Crippen LogP contribution in [-0.2, 0) is 16.0 Å². The molecule has 0 aromatic heterocycles. The molecule has 0 saturated heterocycles. The summed E-state index contributed by atoms with van der Waals surface area (Å²) in [7, 11) is 1.53. The lowest BCUT2D eigenvalue weighted by Crippen LogP contribution is -2.07. The Bertz CT molecular complexity index is 622. The number of esters is 1. The number of carbonyl (C=O) groups is 2. The Morgan fingerprint density at radius 3 is 2.41 bits per heavy atom. The van der Waals surface area contributed by atoms with Crippen molar-refractivity contribution in [3.05, 3.63) is 41.0 Å². The minimum Gasteiger partial charge on any atom is -0.496 e. The summed E-state index contributed by atoms with van der Waals surface area (Å²) in [4.78, 5) is 22.1. The molecule has 0 spiro atoms. The lowest BCUT2D eigenvalue weighted by molar-refractivity contribution is -0.132. The van der Waals surface area contributed by atoms with Gasteiger partial charge in [0.2, 0.25) is 0 Å². The molecule has 0 radical (unpaired) electrons. The van der Waals surface area contributed by atoms with E-state index in [0.29, 0.717) is 29.0 Å². The zero-order chi connectivity index (χ0) is 16.7. The van der Waals surface area contributed by atoms with E-state index < -0.39 is 11.9 Å². The van der Waals surface area contributed by atoms with Crippen LogP contribution in [0.5, 0.6) is 11.5 Å². The first kappa shape index (κ1) is 17.5. The number of aliphatic carboxylic acids is 1. The molecule has 0 fully saturated rings. The van der Waals surface area contributed by atoms with Crippen LogP contribution in [0.4, 0.5) is 0 Å². The molecule has 0 saturated carbocycles. The second-order valence-corrected chi connectivity index (χ2v) is 4.92. The van der Waals surface area contributed by atoms with Crippen molar-refractivity contribution >= 4 is 18.0 Å². The molecule has 0 heterocycles. The van der Waals surface area contributed by atoms with Gasteiger partial charge in [-0.3, -0.25) is 4.79 Å². The van der Waals surface area contributed by atoms with Crippen LogP contribution in [-0.4, -0.2) is 24.2 Å². The van der Waals surface area contributed by atoms with E-state index in [1.807, 2.05) is 19.9 Å². The van der Waals surface area contributed by atoms with E-state index in [9.17, 15) is 9.59 Å². The van der Waals surface area contributed by atoms with Gasteiger partial charge in [-0.1, -0.05) is 11.6 Å². The molecule has 1 N–H and O–H groups in total. The Labute approximate surface area is 129 Å². The van der Waals surface area contributed by atoms with Gasteiger partial charge in [-0.2, -0.15) is 0 Å². The van der Waals surface area contributed by atoms with Crippen LogP contribution in [0.2, 0.25) is 0 Å². The number of carboxylic acids is 1. The SMILES string of the molecule is COc1ccc(/C=C/C(=O)O)c(OC(C)=O)c1CC=C(C)C. The molecule has 0 atom stereocenters. The number of methoxy groups -OCH3 is 1. The summed E-state index contributed by atoms with van der Waals surface area (Å²) in [6, 6.07) is 3.38. The van der Waals surface area contributed by atoms with Crippen molar-refractivity contribution in [1.82, 2.24) is 0 Å². The molecule has 0 aliphatic heterocycles. The van der Waals surface area contributed by atoms with Crippen LogP contribution in [0, 0.1) is 0 Å². The second-order valence-electron chi connectivity index (χ2n) is 4.92. The molecule has 118 valence electrons. The fourth-order valence-corrected chi connectivity index (χ4v) is 1.88. The van der Waals surface area contributed by atoms with Gasteiger partial charge in [0.25, 0.3) is 0 Å². The summed E-state index contributed by atoms with van der Waals surface area (Å²) >= 11 is 0. The lowest BCUT2D eigenvalue weighted by Gasteiger charge is -2.15. The largest absolute Gasteiger partial charge is 0.496 e. The van der Waals surface area contributed by atoms with Gasteiger partial charge in [-0.05, 0) is 38.5 Å². The summed E-state index contributed by atoms with van der Waals surface area (Å²) < 4.78 is 10.6. The molecule has 5 nitrogen and oxygen atoms in total. The Morgan fingerprint density at radius 2 is 1.91 bits per heavy atom. The van der Waals surface area contributed by atoms with E-state index in [2.05, 4.69) is 0 Å². The zero-order valence-electron chi connectivity index (χ0n) is 13.2. The average Bonchev–Trinajstić information content (AvgIpc) is 2.43. The number of hydrogen-bond acceptors (Lipinski definition) is 4. The van der Waals surface area contributed by atoms with Crippen LogP contribution >= 0.6 is 0 Å². The summed E-state index contributed by atoms with van der Waals surface area (Å²) in [5.74, 6) is -0.643. The molecule has 0 aliphatic rings. The maximum Gasteiger partial charge on any atom is 0.328 e. The highest BCUT2D eigenvalue weighted by molar-refractivity contribution is 5.86. The summed E-state index contributed by atoms with van der Waals surface area (Å²) in [5, 5.41) is 8.77. The number of rotatable bonds is 6. The first-order chi connectivity index (χ1) is 10.3. The van der Waals surface area contributed by atoms with Crippen LogP contribution in [0.1, 0.15) is 31.9 Å². The number of carbonyl (C=O) groups excluding carboxylic acids is 1. The van der Waals surface area contributed by atoms with Crippen LogP contribution in [0.15, 0.2) is 29.9 Å². The Morgan fingerprint density at radius 1 is 1.23 bits per heavy atom. The smallest absolute Gasteiger partial charge is 0.328 e. The van der Waals surface area contributed by atoms with Crippen LogP contribution in [0.3, 0.4) is 0 Å².